The van der Waals surface area contributed by atoms with Gasteiger partial charge in [0.1, 0.15) is 0 Å². The van der Waals surface area contributed by atoms with Crippen LogP contribution in [-0.2, 0) is 18.3 Å². The molecule has 0 spiro atoms. The molecule has 0 bridgehead atoms. The summed E-state index contributed by atoms with van der Waals surface area (Å²) in [5.74, 6) is -8.19. The average Bonchev–Trinajstić information content (AvgIpc) is 2.86. The van der Waals surface area contributed by atoms with Gasteiger partial charge in [-0.1, -0.05) is 63.8 Å². The Hall–Kier alpha value is -2.89. The smallest absolute Gasteiger partial charge is 0.340 e. The third-order valence-corrected chi connectivity index (χ3v) is 6.60. The van der Waals surface area contributed by atoms with Crippen molar-refractivity contribution < 1.29 is 22.3 Å². The van der Waals surface area contributed by atoms with Gasteiger partial charge in [-0.3, -0.25) is 0 Å². The van der Waals surface area contributed by atoms with E-state index in [2.05, 4.69) is 18.8 Å². The van der Waals surface area contributed by atoms with Crippen LogP contribution in [0.1, 0.15) is 69.1 Å². The van der Waals surface area contributed by atoms with Crippen LogP contribution in [0.15, 0.2) is 54.7 Å². The lowest BCUT2D eigenvalue weighted by molar-refractivity contribution is -0.225. The number of unbranched alkanes of at least 4 members (excludes halogenated alkanes) is 4. The topological polar surface area (TPSA) is 22.1 Å². The number of halogens is 4. The summed E-state index contributed by atoms with van der Waals surface area (Å²) in [6.45, 7) is 4.70. The first-order chi connectivity index (χ1) is 16.8. The lowest BCUT2D eigenvalue weighted by atomic mass is 9.78. The molecular weight excluding hydrogens is 454 g/mol. The minimum Gasteiger partial charge on any atom is -0.478 e. The molecule has 0 fully saturated rings. The SMILES string of the molecule is CCCCCCc1ccc2c(c1)C(F)(F)C(F)(F)c1cc(-c3ccc(OCCCC)nc3)ccc1-2. The predicted octanol–water partition coefficient (Wildman–Crippen LogP) is 8.91. The Morgan fingerprint density at radius 1 is 0.714 bits per heavy atom. The molecule has 6 heteroatoms. The summed E-state index contributed by atoms with van der Waals surface area (Å²) in [6, 6.07) is 12.3. The summed E-state index contributed by atoms with van der Waals surface area (Å²) in [7, 11) is 0. The van der Waals surface area contributed by atoms with Crippen molar-refractivity contribution in [2.24, 2.45) is 0 Å². The minimum absolute atomic E-state index is 0.143. The monoisotopic (exact) mass is 485 g/mol. The van der Waals surface area contributed by atoms with Crippen molar-refractivity contribution in [2.45, 2.75) is 70.6 Å². The van der Waals surface area contributed by atoms with E-state index < -0.39 is 23.0 Å². The molecule has 2 aromatic carbocycles. The van der Waals surface area contributed by atoms with Crippen molar-refractivity contribution in [3.05, 3.63) is 71.4 Å². The van der Waals surface area contributed by atoms with E-state index in [1.165, 1.54) is 24.4 Å². The van der Waals surface area contributed by atoms with Gasteiger partial charge in [-0.25, -0.2) is 4.98 Å². The molecule has 0 saturated heterocycles. The normalized spacial score (nSPS) is 15.4. The Bertz CT molecular complexity index is 1160. The summed E-state index contributed by atoms with van der Waals surface area (Å²) >= 11 is 0. The van der Waals surface area contributed by atoms with E-state index in [1.807, 2.05) is 0 Å². The fourth-order valence-corrected chi connectivity index (χ4v) is 4.51. The van der Waals surface area contributed by atoms with Crippen LogP contribution in [0.4, 0.5) is 17.6 Å². The van der Waals surface area contributed by atoms with Crippen molar-refractivity contribution in [2.75, 3.05) is 6.61 Å². The van der Waals surface area contributed by atoms with Crippen molar-refractivity contribution in [3.8, 4) is 28.1 Å². The number of benzene rings is 2. The van der Waals surface area contributed by atoms with Crippen LogP contribution >= 0.6 is 0 Å². The molecular formula is C29H31F4NO. The van der Waals surface area contributed by atoms with Crippen molar-refractivity contribution in [1.29, 1.82) is 0 Å². The average molecular weight is 486 g/mol. The van der Waals surface area contributed by atoms with Crippen molar-refractivity contribution in [3.63, 3.8) is 0 Å². The first kappa shape index (κ1) is 25.2. The standard InChI is InChI=1S/C29H31F4NO/c1-3-5-7-8-9-20-10-13-23-24-14-11-21(22-12-15-27(34-19-22)35-16-6-4-2)18-26(24)29(32,33)28(30,31)25(23)17-20/h10-15,17-19H,3-9,16H2,1-2H3. The van der Waals surface area contributed by atoms with Gasteiger partial charge in [-0.15, -0.1) is 0 Å². The maximum Gasteiger partial charge on any atom is 0.340 e. The first-order valence-electron chi connectivity index (χ1n) is 12.4. The van der Waals surface area contributed by atoms with Gasteiger partial charge >= 0.3 is 11.8 Å². The van der Waals surface area contributed by atoms with E-state index in [0.717, 1.165) is 38.5 Å². The Morgan fingerprint density at radius 2 is 1.37 bits per heavy atom. The van der Waals surface area contributed by atoms with Gasteiger partial charge in [0.15, 0.2) is 0 Å². The lowest BCUT2D eigenvalue weighted by Gasteiger charge is -2.35. The summed E-state index contributed by atoms with van der Waals surface area (Å²) in [4.78, 5) is 4.23. The Morgan fingerprint density at radius 3 is 2.03 bits per heavy atom. The second kappa shape index (κ2) is 10.4. The summed E-state index contributed by atoms with van der Waals surface area (Å²) in [5, 5.41) is 0. The number of ether oxygens (including phenoxy) is 1. The number of hydrogen-bond acceptors (Lipinski definition) is 2. The zero-order valence-corrected chi connectivity index (χ0v) is 20.2. The Labute approximate surface area is 204 Å². The van der Waals surface area contributed by atoms with Crippen LogP contribution in [0.2, 0.25) is 0 Å². The zero-order chi connectivity index (χ0) is 25.1. The zero-order valence-electron chi connectivity index (χ0n) is 20.2. The molecule has 1 aliphatic carbocycles. The molecule has 1 aliphatic rings. The van der Waals surface area contributed by atoms with E-state index in [1.54, 1.807) is 30.3 Å². The number of pyridine rings is 1. The van der Waals surface area contributed by atoms with E-state index >= 15 is 17.6 Å². The predicted molar refractivity (Wildman–Crippen MR) is 131 cm³/mol. The third-order valence-electron chi connectivity index (χ3n) is 6.60. The van der Waals surface area contributed by atoms with Gasteiger partial charge < -0.3 is 4.74 Å². The molecule has 0 aliphatic heterocycles. The van der Waals surface area contributed by atoms with Gasteiger partial charge in [0.05, 0.1) is 6.61 Å². The van der Waals surface area contributed by atoms with Crippen LogP contribution in [0, 0.1) is 0 Å². The Kier molecular flexibility index (Phi) is 7.48. The van der Waals surface area contributed by atoms with E-state index in [-0.39, 0.29) is 11.1 Å². The number of rotatable bonds is 10. The number of nitrogens with zero attached hydrogens (tertiary/aromatic N) is 1. The maximum atomic E-state index is 15.3. The number of alkyl halides is 4. The summed E-state index contributed by atoms with van der Waals surface area (Å²) < 4.78 is 66.6. The molecule has 3 aromatic rings. The third kappa shape index (κ3) is 4.93. The molecule has 0 saturated carbocycles. The lowest BCUT2D eigenvalue weighted by Crippen LogP contribution is -2.39. The molecule has 0 amide bonds. The molecule has 1 heterocycles. The maximum absolute atomic E-state index is 15.3. The highest BCUT2D eigenvalue weighted by atomic mass is 19.3. The fraction of sp³-hybridized carbons (Fsp3) is 0.414. The van der Waals surface area contributed by atoms with Crippen LogP contribution in [0.25, 0.3) is 22.3 Å². The number of aryl methyl sites for hydroxylation is 1. The van der Waals surface area contributed by atoms with E-state index in [4.69, 9.17) is 4.74 Å². The molecule has 0 radical (unpaired) electrons. The fourth-order valence-electron chi connectivity index (χ4n) is 4.51. The highest BCUT2D eigenvalue weighted by Crippen LogP contribution is 2.58. The second-order valence-corrected chi connectivity index (χ2v) is 9.19. The molecule has 0 atom stereocenters. The van der Waals surface area contributed by atoms with E-state index in [9.17, 15) is 0 Å². The quantitative estimate of drug-likeness (QED) is 0.211. The number of hydrogen-bond donors (Lipinski definition) is 0. The summed E-state index contributed by atoms with van der Waals surface area (Å²) in [6.07, 6.45) is 8.00. The molecule has 35 heavy (non-hydrogen) atoms. The van der Waals surface area contributed by atoms with E-state index in [0.29, 0.717) is 35.6 Å². The molecule has 1 aromatic heterocycles. The van der Waals surface area contributed by atoms with Crippen LogP contribution in [-0.4, -0.2) is 11.6 Å². The Balaban J connectivity index is 1.66. The van der Waals surface area contributed by atoms with Crippen molar-refractivity contribution in [1.82, 2.24) is 4.98 Å². The molecule has 2 nitrogen and oxygen atoms in total. The van der Waals surface area contributed by atoms with Crippen LogP contribution in [0.5, 0.6) is 5.88 Å². The highest BCUT2D eigenvalue weighted by molar-refractivity contribution is 5.79. The first-order valence-corrected chi connectivity index (χ1v) is 12.4. The van der Waals surface area contributed by atoms with Crippen LogP contribution < -0.4 is 4.74 Å². The van der Waals surface area contributed by atoms with Gasteiger partial charge in [0, 0.05) is 29.0 Å². The molecule has 0 N–H and O–H groups in total. The number of fused-ring (bicyclic) bond motifs is 3. The number of aromatic nitrogens is 1. The van der Waals surface area contributed by atoms with Gasteiger partial charge in [-0.2, -0.15) is 17.6 Å². The minimum atomic E-state index is -4.33. The van der Waals surface area contributed by atoms with Crippen LogP contribution in [0.3, 0.4) is 0 Å². The van der Waals surface area contributed by atoms with Gasteiger partial charge in [-0.05, 0) is 59.7 Å². The van der Waals surface area contributed by atoms with Gasteiger partial charge in [0.25, 0.3) is 0 Å². The largest absolute Gasteiger partial charge is 0.478 e. The molecule has 4 rings (SSSR count). The molecule has 186 valence electrons. The highest BCUT2D eigenvalue weighted by Gasteiger charge is 2.62. The second-order valence-electron chi connectivity index (χ2n) is 9.19. The summed E-state index contributed by atoms with van der Waals surface area (Å²) in [5.41, 5.74) is 0.688. The van der Waals surface area contributed by atoms with Gasteiger partial charge in [0.2, 0.25) is 5.88 Å². The van der Waals surface area contributed by atoms with Crippen molar-refractivity contribution >= 4 is 0 Å². The molecule has 0 unspecified atom stereocenters.